The molecule has 2 aromatic heterocycles. The number of fused-ring (bicyclic) bond motifs is 1. The highest BCUT2D eigenvalue weighted by Crippen LogP contribution is 2.37. The van der Waals surface area contributed by atoms with Gasteiger partial charge in [0.2, 0.25) is 0 Å². The van der Waals surface area contributed by atoms with Crippen LogP contribution in [-0.2, 0) is 23.8 Å². The summed E-state index contributed by atoms with van der Waals surface area (Å²) in [5.74, 6) is 1.51. The highest BCUT2D eigenvalue weighted by Gasteiger charge is 2.40. The van der Waals surface area contributed by atoms with Crippen molar-refractivity contribution in [2.45, 2.75) is 32.4 Å². The molecular formula is C25H22F3N5O3. The summed E-state index contributed by atoms with van der Waals surface area (Å²) in [5, 5.41) is 3.26. The van der Waals surface area contributed by atoms with Crippen LogP contribution in [-0.4, -0.2) is 35.0 Å². The SMILES string of the molecule is CCc1cc(N2C(=O)CN(c3cncc(C(F)(F)F)c3)C2=O)ccc1Oc1ccnc2c1CCCN2. The van der Waals surface area contributed by atoms with Crippen LogP contribution in [0.15, 0.2) is 48.9 Å². The lowest BCUT2D eigenvalue weighted by Gasteiger charge is -2.21. The molecule has 0 unspecified atom stereocenters. The first-order valence-corrected chi connectivity index (χ1v) is 11.5. The van der Waals surface area contributed by atoms with E-state index >= 15 is 0 Å². The normalized spacial score (nSPS) is 15.7. The molecular weight excluding hydrogens is 475 g/mol. The van der Waals surface area contributed by atoms with E-state index in [1.807, 2.05) is 6.92 Å². The van der Waals surface area contributed by atoms with Gasteiger partial charge >= 0.3 is 12.2 Å². The molecule has 1 fully saturated rings. The van der Waals surface area contributed by atoms with E-state index < -0.39 is 30.2 Å². The topological polar surface area (TPSA) is 87.7 Å². The number of imide groups is 1. The van der Waals surface area contributed by atoms with Crippen LogP contribution in [0.25, 0.3) is 0 Å². The standard InChI is InChI=1S/C25H22F3N5O3/c1-2-15-10-17(5-6-20(15)36-21-7-9-31-23-19(21)4-3-8-30-23)33-22(34)14-32(24(33)35)18-11-16(12-29-13-18)25(26,27)28/h5-7,9-13H,2-4,8,14H2,1H3,(H,30,31). The number of carbonyl (C=O) groups is 2. The van der Waals surface area contributed by atoms with Crippen LogP contribution in [0.1, 0.15) is 30.0 Å². The third-order valence-electron chi connectivity index (χ3n) is 6.14. The number of anilines is 3. The zero-order valence-corrected chi connectivity index (χ0v) is 19.3. The van der Waals surface area contributed by atoms with E-state index in [1.54, 1.807) is 30.5 Å². The minimum absolute atomic E-state index is 0.0996. The molecule has 0 radical (unpaired) electrons. The lowest BCUT2D eigenvalue weighted by Crippen LogP contribution is -2.33. The van der Waals surface area contributed by atoms with Gasteiger partial charge in [-0.2, -0.15) is 13.2 Å². The van der Waals surface area contributed by atoms with Crippen molar-refractivity contribution in [2.75, 3.05) is 28.2 Å². The first-order chi connectivity index (χ1) is 17.3. The summed E-state index contributed by atoms with van der Waals surface area (Å²) >= 11 is 0. The second-order valence-corrected chi connectivity index (χ2v) is 8.44. The molecule has 4 heterocycles. The molecule has 2 aliphatic heterocycles. The van der Waals surface area contributed by atoms with Gasteiger partial charge in [-0.15, -0.1) is 0 Å². The first kappa shape index (κ1) is 23.6. The second kappa shape index (κ2) is 9.14. The quantitative estimate of drug-likeness (QED) is 0.489. The van der Waals surface area contributed by atoms with E-state index in [1.165, 1.54) is 0 Å². The highest BCUT2D eigenvalue weighted by atomic mass is 19.4. The molecule has 1 saturated heterocycles. The molecule has 11 heteroatoms. The minimum atomic E-state index is -4.62. The van der Waals surface area contributed by atoms with E-state index in [2.05, 4.69) is 15.3 Å². The number of hydrogen-bond donors (Lipinski definition) is 1. The smallest absolute Gasteiger partial charge is 0.417 e. The fourth-order valence-electron chi connectivity index (χ4n) is 4.32. The van der Waals surface area contributed by atoms with Crippen LogP contribution < -0.4 is 19.9 Å². The van der Waals surface area contributed by atoms with Gasteiger partial charge in [-0.05, 0) is 55.2 Å². The van der Waals surface area contributed by atoms with Gasteiger partial charge < -0.3 is 10.1 Å². The average molecular weight is 497 g/mol. The number of urea groups is 1. The molecule has 5 rings (SSSR count). The molecule has 3 amide bonds. The van der Waals surface area contributed by atoms with Crippen molar-refractivity contribution in [3.63, 3.8) is 0 Å². The van der Waals surface area contributed by atoms with E-state index in [0.29, 0.717) is 29.8 Å². The van der Waals surface area contributed by atoms with Crippen LogP contribution >= 0.6 is 0 Å². The van der Waals surface area contributed by atoms with E-state index in [9.17, 15) is 22.8 Å². The fraction of sp³-hybridized carbons (Fsp3) is 0.280. The zero-order chi connectivity index (χ0) is 25.4. The number of hydrogen-bond acceptors (Lipinski definition) is 6. The maximum absolute atomic E-state index is 13.1. The molecule has 1 aromatic carbocycles. The Morgan fingerprint density at radius 2 is 1.92 bits per heavy atom. The number of alkyl halides is 3. The fourth-order valence-corrected chi connectivity index (χ4v) is 4.32. The average Bonchev–Trinajstić information content (AvgIpc) is 3.17. The maximum Gasteiger partial charge on any atom is 0.417 e. The van der Waals surface area contributed by atoms with E-state index in [0.717, 1.165) is 58.4 Å². The lowest BCUT2D eigenvalue weighted by molar-refractivity contribution is -0.137. The van der Waals surface area contributed by atoms with Gasteiger partial charge in [0.15, 0.2) is 0 Å². The number of nitrogens with one attached hydrogen (secondary N) is 1. The number of halogens is 3. The number of aryl methyl sites for hydroxylation is 1. The minimum Gasteiger partial charge on any atom is -0.457 e. The molecule has 0 spiro atoms. The summed E-state index contributed by atoms with van der Waals surface area (Å²) in [5.41, 5.74) is 0.973. The van der Waals surface area contributed by atoms with Gasteiger partial charge in [-0.1, -0.05) is 6.92 Å². The van der Waals surface area contributed by atoms with Crippen molar-refractivity contribution in [1.82, 2.24) is 9.97 Å². The Bertz CT molecular complexity index is 1340. The van der Waals surface area contributed by atoms with Crippen molar-refractivity contribution in [3.8, 4) is 11.5 Å². The Hall–Kier alpha value is -4.15. The van der Waals surface area contributed by atoms with Crippen molar-refractivity contribution in [2.24, 2.45) is 0 Å². The summed E-state index contributed by atoms with van der Waals surface area (Å²) in [7, 11) is 0. The van der Waals surface area contributed by atoms with Gasteiger partial charge in [0.05, 0.1) is 23.1 Å². The number of benzene rings is 1. The molecule has 186 valence electrons. The number of nitrogens with zero attached hydrogens (tertiary/aromatic N) is 4. The van der Waals surface area contributed by atoms with Crippen molar-refractivity contribution < 1.29 is 27.5 Å². The van der Waals surface area contributed by atoms with Gasteiger partial charge in [-0.3, -0.25) is 14.7 Å². The summed E-state index contributed by atoms with van der Waals surface area (Å²) in [6, 6.07) is 6.82. The van der Waals surface area contributed by atoms with Crippen LogP contribution in [0.3, 0.4) is 0 Å². The molecule has 0 bridgehead atoms. The van der Waals surface area contributed by atoms with Gasteiger partial charge in [-0.25, -0.2) is 14.7 Å². The van der Waals surface area contributed by atoms with Gasteiger partial charge in [0.25, 0.3) is 5.91 Å². The van der Waals surface area contributed by atoms with Crippen molar-refractivity contribution in [1.29, 1.82) is 0 Å². The van der Waals surface area contributed by atoms with E-state index in [-0.39, 0.29) is 5.69 Å². The number of amides is 3. The summed E-state index contributed by atoms with van der Waals surface area (Å²) < 4.78 is 45.5. The Morgan fingerprint density at radius 3 is 2.69 bits per heavy atom. The Balaban J connectivity index is 1.42. The molecule has 0 aliphatic carbocycles. The molecule has 0 saturated carbocycles. The monoisotopic (exact) mass is 497 g/mol. The predicted octanol–water partition coefficient (Wildman–Crippen LogP) is 5.18. The van der Waals surface area contributed by atoms with Gasteiger partial charge in [0, 0.05) is 24.5 Å². The Morgan fingerprint density at radius 1 is 1.08 bits per heavy atom. The molecule has 1 N–H and O–H groups in total. The van der Waals surface area contributed by atoms with Crippen LogP contribution in [0.2, 0.25) is 0 Å². The number of carbonyl (C=O) groups excluding carboxylic acids is 2. The van der Waals surface area contributed by atoms with Crippen LogP contribution in [0.4, 0.5) is 35.2 Å². The third-order valence-corrected chi connectivity index (χ3v) is 6.14. The van der Waals surface area contributed by atoms with Crippen molar-refractivity contribution in [3.05, 3.63) is 65.6 Å². The predicted molar refractivity (Wildman–Crippen MR) is 126 cm³/mol. The van der Waals surface area contributed by atoms with Crippen LogP contribution in [0, 0.1) is 0 Å². The highest BCUT2D eigenvalue weighted by molar-refractivity contribution is 6.27. The molecule has 0 atom stereocenters. The summed E-state index contributed by atoms with van der Waals surface area (Å²) in [4.78, 5) is 35.7. The zero-order valence-electron chi connectivity index (χ0n) is 19.3. The second-order valence-electron chi connectivity index (χ2n) is 8.44. The van der Waals surface area contributed by atoms with E-state index in [4.69, 9.17) is 4.74 Å². The largest absolute Gasteiger partial charge is 0.457 e. The number of rotatable bonds is 5. The number of aromatic nitrogens is 2. The third kappa shape index (κ3) is 4.32. The summed E-state index contributed by atoms with van der Waals surface area (Å²) in [6.07, 6.45) is 1.21. The molecule has 3 aromatic rings. The van der Waals surface area contributed by atoms with Crippen molar-refractivity contribution >= 4 is 29.1 Å². The lowest BCUT2D eigenvalue weighted by atomic mass is 10.1. The van der Waals surface area contributed by atoms with Crippen LogP contribution in [0.5, 0.6) is 11.5 Å². The Labute approximate surface area is 204 Å². The number of pyridine rings is 2. The number of ether oxygens (including phenoxy) is 1. The molecule has 8 nitrogen and oxygen atoms in total. The van der Waals surface area contributed by atoms with Gasteiger partial charge in [0.1, 0.15) is 23.9 Å². The molecule has 36 heavy (non-hydrogen) atoms. The summed E-state index contributed by atoms with van der Waals surface area (Å²) in [6.45, 7) is 2.38. The molecule has 2 aliphatic rings. The first-order valence-electron chi connectivity index (χ1n) is 11.5. The maximum atomic E-state index is 13.1. The Kier molecular flexibility index (Phi) is 5.99.